The summed E-state index contributed by atoms with van der Waals surface area (Å²) >= 11 is 0. The summed E-state index contributed by atoms with van der Waals surface area (Å²) in [7, 11) is 0. The van der Waals surface area contributed by atoms with Crippen molar-refractivity contribution in [1.29, 1.82) is 0 Å². The number of aromatic hydroxyl groups is 1. The highest BCUT2D eigenvalue weighted by molar-refractivity contribution is 6.02. The minimum absolute atomic E-state index is 0.0382. The monoisotopic (exact) mass is 320 g/mol. The van der Waals surface area contributed by atoms with Crippen molar-refractivity contribution in [2.24, 2.45) is 0 Å². The van der Waals surface area contributed by atoms with Crippen molar-refractivity contribution in [3.8, 4) is 5.75 Å². The van der Waals surface area contributed by atoms with E-state index in [1.807, 2.05) is 30.3 Å². The second-order valence-electron chi connectivity index (χ2n) is 5.47. The Morgan fingerprint density at radius 1 is 0.833 bits per heavy atom. The van der Waals surface area contributed by atoms with Gasteiger partial charge in [0, 0.05) is 6.42 Å². The topological polar surface area (TPSA) is 80.6 Å². The fourth-order valence-electron chi connectivity index (χ4n) is 2.79. The van der Waals surface area contributed by atoms with Gasteiger partial charge in [-0.1, -0.05) is 42.5 Å². The van der Waals surface area contributed by atoms with Crippen LogP contribution in [0.4, 0.5) is 0 Å². The smallest absolute Gasteiger partial charge is 0.351 e. The van der Waals surface area contributed by atoms with E-state index in [1.165, 1.54) is 0 Å². The molecule has 0 aliphatic carbocycles. The minimum Gasteiger partial charge on any atom is -0.506 e. The van der Waals surface area contributed by atoms with E-state index in [4.69, 9.17) is 8.83 Å². The van der Waals surface area contributed by atoms with Crippen LogP contribution in [0.2, 0.25) is 0 Å². The molecule has 0 bridgehead atoms. The van der Waals surface area contributed by atoms with Crippen LogP contribution in [0.25, 0.3) is 21.9 Å². The number of hydrogen-bond donors (Lipinski definition) is 1. The molecular weight excluding hydrogens is 308 g/mol. The van der Waals surface area contributed by atoms with Crippen LogP contribution in [-0.2, 0) is 6.42 Å². The van der Waals surface area contributed by atoms with E-state index < -0.39 is 11.3 Å². The Balaban J connectivity index is 2.05. The number of hydrogen-bond acceptors (Lipinski definition) is 5. The number of rotatable bonds is 2. The first-order valence-electron chi connectivity index (χ1n) is 7.39. The third-order valence-corrected chi connectivity index (χ3v) is 3.95. The van der Waals surface area contributed by atoms with Crippen LogP contribution >= 0.6 is 0 Å². The first kappa shape index (κ1) is 14.3. The number of para-hydroxylation sites is 1. The average Bonchev–Trinajstić information content (AvgIpc) is 2.59. The van der Waals surface area contributed by atoms with Gasteiger partial charge in [0.2, 0.25) is 0 Å². The maximum atomic E-state index is 12.4. The van der Waals surface area contributed by atoms with E-state index in [0.29, 0.717) is 11.0 Å². The third-order valence-electron chi connectivity index (χ3n) is 3.95. The molecule has 1 N–H and O–H groups in total. The van der Waals surface area contributed by atoms with Gasteiger partial charge < -0.3 is 13.9 Å². The van der Waals surface area contributed by atoms with Crippen molar-refractivity contribution >= 4 is 21.9 Å². The van der Waals surface area contributed by atoms with Crippen molar-refractivity contribution in [2.45, 2.75) is 6.42 Å². The first-order chi connectivity index (χ1) is 11.6. The van der Waals surface area contributed by atoms with E-state index >= 15 is 0 Å². The van der Waals surface area contributed by atoms with Crippen LogP contribution in [-0.4, -0.2) is 5.11 Å². The van der Waals surface area contributed by atoms with Gasteiger partial charge in [0.05, 0.1) is 10.9 Å². The van der Waals surface area contributed by atoms with Gasteiger partial charge in [-0.3, -0.25) is 0 Å². The predicted molar refractivity (Wildman–Crippen MR) is 89.4 cm³/mol. The van der Waals surface area contributed by atoms with E-state index in [-0.39, 0.29) is 28.7 Å². The second kappa shape index (κ2) is 5.38. The van der Waals surface area contributed by atoms with Crippen molar-refractivity contribution < 1.29 is 13.9 Å². The standard InChI is InChI=1S/C19H12O5/c20-16-13(10-11-6-2-1-3-7-11)18(21)24-17-12-8-4-5-9-14(12)23-19(22)15(16)17/h1-9,20H,10H2. The zero-order valence-electron chi connectivity index (χ0n) is 12.5. The van der Waals surface area contributed by atoms with E-state index in [2.05, 4.69) is 0 Å². The number of benzene rings is 2. The minimum atomic E-state index is -0.737. The van der Waals surface area contributed by atoms with Crippen LogP contribution in [0.15, 0.2) is 73.0 Å². The van der Waals surface area contributed by atoms with E-state index in [1.54, 1.807) is 24.3 Å². The molecule has 0 atom stereocenters. The molecule has 0 saturated carbocycles. The maximum absolute atomic E-state index is 12.4. The van der Waals surface area contributed by atoms with Crippen molar-refractivity contribution in [3.05, 3.63) is 86.6 Å². The molecule has 5 heteroatoms. The third kappa shape index (κ3) is 2.18. The zero-order chi connectivity index (χ0) is 16.7. The molecule has 5 nitrogen and oxygen atoms in total. The molecule has 0 aliphatic rings. The summed E-state index contributed by atoms with van der Waals surface area (Å²) in [4.78, 5) is 24.6. The van der Waals surface area contributed by atoms with Crippen LogP contribution in [0.1, 0.15) is 11.1 Å². The molecule has 0 amide bonds. The van der Waals surface area contributed by atoms with Gasteiger partial charge in [0.25, 0.3) is 0 Å². The van der Waals surface area contributed by atoms with Gasteiger partial charge in [-0.15, -0.1) is 0 Å². The lowest BCUT2D eigenvalue weighted by atomic mass is 10.0. The van der Waals surface area contributed by atoms with Gasteiger partial charge >= 0.3 is 11.3 Å². The van der Waals surface area contributed by atoms with Crippen molar-refractivity contribution in [2.75, 3.05) is 0 Å². The van der Waals surface area contributed by atoms with Crippen molar-refractivity contribution in [3.63, 3.8) is 0 Å². The first-order valence-corrected chi connectivity index (χ1v) is 7.39. The van der Waals surface area contributed by atoms with Crippen LogP contribution in [0.5, 0.6) is 5.75 Å². The Labute approximate surface area is 135 Å². The lowest BCUT2D eigenvalue weighted by Gasteiger charge is -2.07. The molecule has 0 fully saturated rings. The quantitative estimate of drug-likeness (QED) is 0.453. The summed E-state index contributed by atoms with van der Waals surface area (Å²) in [5, 5.41) is 10.9. The highest BCUT2D eigenvalue weighted by Crippen LogP contribution is 2.29. The predicted octanol–water partition coefficient (Wildman–Crippen LogP) is 3.20. The number of fused-ring (bicyclic) bond motifs is 3. The molecule has 118 valence electrons. The molecule has 4 aromatic rings. The van der Waals surface area contributed by atoms with Crippen LogP contribution < -0.4 is 11.3 Å². The normalized spacial score (nSPS) is 11.2. The Morgan fingerprint density at radius 2 is 1.54 bits per heavy atom. The van der Waals surface area contributed by atoms with Crippen LogP contribution in [0.3, 0.4) is 0 Å². The van der Waals surface area contributed by atoms with E-state index in [9.17, 15) is 14.7 Å². The summed E-state index contributed by atoms with van der Waals surface area (Å²) in [6, 6.07) is 15.9. The summed E-state index contributed by atoms with van der Waals surface area (Å²) in [6.45, 7) is 0. The molecule has 0 spiro atoms. The summed E-state index contributed by atoms with van der Waals surface area (Å²) in [5.74, 6) is -0.385. The highest BCUT2D eigenvalue weighted by Gasteiger charge is 2.20. The highest BCUT2D eigenvalue weighted by atomic mass is 16.4. The fourth-order valence-corrected chi connectivity index (χ4v) is 2.79. The van der Waals surface area contributed by atoms with Gasteiger partial charge in [0.15, 0.2) is 5.58 Å². The fraction of sp³-hybridized carbons (Fsp3) is 0.0526. The van der Waals surface area contributed by atoms with Gasteiger partial charge in [-0.05, 0) is 17.7 Å². The Hall–Kier alpha value is -3.34. The molecule has 2 heterocycles. The van der Waals surface area contributed by atoms with Gasteiger partial charge in [-0.2, -0.15) is 0 Å². The van der Waals surface area contributed by atoms with Crippen LogP contribution in [0, 0.1) is 0 Å². The lowest BCUT2D eigenvalue weighted by molar-refractivity contribution is 0.454. The lowest BCUT2D eigenvalue weighted by Crippen LogP contribution is -2.12. The SMILES string of the molecule is O=c1oc2c(c(O)c1Cc1ccccc1)c(=O)oc1ccccc12. The van der Waals surface area contributed by atoms with Gasteiger partial charge in [-0.25, -0.2) is 9.59 Å². The molecule has 2 aromatic heterocycles. The molecule has 4 rings (SSSR count). The summed E-state index contributed by atoms with van der Waals surface area (Å²) in [6.07, 6.45) is 0.164. The Kier molecular flexibility index (Phi) is 3.20. The zero-order valence-corrected chi connectivity index (χ0v) is 12.5. The van der Waals surface area contributed by atoms with E-state index in [0.717, 1.165) is 5.56 Å². The summed E-state index contributed by atoms with van der Waals surface area (Å²) in [5.41, 5.74) is -0.200. The molecule has 2 aromatic carbocycles. The second-order valence-corrected chi connectivity index (χ2v) is 5.47. The Bertz CT molecular complexity index is 1170. The molecule has 0 saturated heterocycles. The van der Waals surface area contributed by atoms with Crippen molar-refractivity contribution in [1.82, 2.24) is 0 Å². The van der Waals surface area contributed by atoms with Gasteiger partial charge in [0.1, 0.15) is 16.7 Å². The molecule has 24 heavy (non-hydrogen) atoms. The molecular formula is C19H12O5. The average molecular weight is 320 g/mol. The molecule has 0 aliphatic heterocycles. The molecule has 0 unspecified atom stereocenters. The maximum Gasteiger partial charge on any atom is 0.351 e. The Morgan fingerprint density at radius 3 is 2.33 bits per heavy atom. The summed E-state index contributed by atoms with van der Waals surface area (Å²) < 4.78 is 10.6. The molecule has 0 radical (unpaired) electrons. The largest absolute Gasteiger partial charge is 0.506 e.